The molecule has 3 aromatic carbocycles. The number of amides is 3. The van der Waals surface area contributed by atoms with E-state index in [1.165, 1.54) is 22.1 Å². The molecule has 3 aromatic rings. The summed E-state index contributed by atoms with van der Waals surface area (Å²) in [4.78, 5) is 43.6. The summed E-state index contributed by atoms with van der Waals surface area (Å²) in [6, 6.07) is 24.9. The molecule has 0 saturated carbocycles. The Morgan fingerprint density at radius 1 is 0.854 bits per heavy atom. The zero-order valence-corrected chi connectivity index (χ0v) is 22.8. The standard InChI is InChI=1S/C33H33FN4O3/c34-27-16-21(15-24-18-38(33(41)30(24)27)28-13-14-29(39)35-32(28)40)17-37-25-11-12-26(37)20-36(19-25)31(22-7-3-1-4-8-22)23-9-5-2-6-10-23/h1-10,15-16,25-26,28,31H,11-14,17-20H2,(H,35,39,40). The number of rotatable bonds is 6. The fraction of sp³-hybridized carbons (Fsp3) is 0.364. The fourth-order valence-corrected chi connectivity index (χ4v) is 7.40. The van der Waals surface area contributed by atoms with Crippen LogP contribution in [0.2, 0.25) is 0 Å². The third-order valence-corrected chi connectivity index (χ3v) is 9.26. The van der Waals surface area contributed by atoms with Crippen molar-refractivity contribution in [3.8, 4) is 0 Å². The molecule has 0 radical (unpaired) electrons. The fourth-order valence-electron chi connectivity index (χ4n) is 7.40. The molecule has 2 bridgehead atoms. The van der Waals surface area contributed by atoms with Crippen LogP contribution >= 0.6 is 0 Å². The Balaban J connectivity index is 1.09. The van der Waals surface area contributed by atoms with Crippen LogP contribution in [0.15, 0.2) is 72.8 Å². The molecule has 8 heteroatoms. The van der Waals surface area contributed by atoms with Crippen molar-refractivity contribution in [2.45, 2.75) is 62.9 Å². The van der Waals surface area contributed by atoms with Gasteiger partial charge in [0.1, 0.15) is 11.9 Å². The number of carbonyl (C=O) groups excluding carboxylic acids is 3. The Morgan fingerprint density at radius 3 is 2.10 bits per heavy atom. The lowest BCUT2D eigenvalue weighted by atomic mass is 9.95. The number of likely N-dealkylation sites (tertiary alicyclic amines) is 1. The van der Waals surface area contributed by atoms with Crippen LogP contribution in [-0.4, -0.2) is 63.6 Å². The number of benzene rings is 3. The Hall–Kier alpha value is -3.88. The van der Waals surface area contributed by atoms with Crippen LogP contribution in [0.1, 0.15) is 64.3 Å². The normalized spacial score (nSPS) is 24.7. The SMILES string of the molecule is O=C1CCC(N2Cc3cc(CN4C5CCC4CN(C(c4ccccc4)c4ccccc4)C5)cc(F)c3C2=O)C(=O)N1. The van der Waals surface area contributed by atoms with Gasteiger partial charge >= 0.3 is 0 Å². The molecule has 0 aromatic heterocycles. The molecule has 41 heavy (non-hydrogen) atoms. The number of halogens is 1. The molecule has 3 amide bonds. The predicted octanol–water partition coefficient (Wildman–Crippen LogP) is 4.02. The van der Waals surface area contributed by atoms with Crippen LogP contribution in [0.25, 0.3) is 0 Å². The highest BCUT2D eigenvalue weighted by atomic mass is 19.1. The van der Waals surface area contributed by atoms with Crippen LogP contribution in [0.4, 0.5) is 4.39 Å². The summed E-state index contributed by atoms with van der Waals surface area (Å²) in [6.07, 6.45) is 2.65. The number of carbonyl (C=O) groups is 3. The third kappa shape index (κ3) is 4.75. The molecule has 4 heterocycles. The zero-order valence-electron chi connectivity index (χ0n) is 22.8. The maximum Gasteiger partial charge on any atom is 0.258 e. The van der Waals surface area contributed by atoms with E-state index in [0.29, 0.717) is 24.2 Å². The molecule has 7 nitrogen and oxygen atoms in total. The van der Waals surface area contributed by atoms with E-state index < -0.39 is 23.7 Å². The van der Waals surface area contributed by atoms with Gasteiger partial charge in [0.2, 0.25) is 11.8 Å². The molecular weight excluding hydrogens is 519 g/mol. The van der Waals surface area contributed by atoms with Crippen molar-refractivity contribution >= 4 is 17.7 Å². The van der Waals surface area contributed by atoms with E-state index in [-0.39, 0.29) is 36.9 Å². The number of piperazine rings is 1. The molecular formula is C33H33FN4O3. The molecule has 3 atom stereocenters. The van der Waals surface area contributed by atoms with E-state index in [1.807, 2.05) is 6.07 Å². The van der Waals surface area contributed by atoms with Crippen LogP contribution in [0.5, 0.6) is 0 Å². The second-order valence-electron chi connectivity index (χ2n) is 11.7. The van der Waals surface area contributed by atoms with Gasteiger partial charge in [0.25, 0.3) is 5.91 Å². The first kappa shape index (κ1) is 26.0. The van der Waals surface area contributed by atoms with Gasteiger partial charge in [-0.25, -0.2) is 4.39 Å². The molecule has 7 rings (SSSR count). The van der Waals surface area contributed by atoms with Crippen LogP contribution < -0.4 is 5.32 Å². The molecule has 3 unspecified atom stereocenters. The van der Waals surface area contributed by atoms with Gasteiger partial charge in [0.15, 0.2) is 0 Å². The molecule has 3 saturated heterocycles. The lowest BCUT2D eigenvalue weighted by Gasteiger charge is -2.44. The van der Waals surface area contributed by atoms with Gasteiger partial charge in [0.05, 0.1) is 11.6 Å². The summed E-state index contributed by atoms with van der Waals surface area (Å²) in [5, 5.41) is 2.31. The van der Waals surface area contributed by atoms with Crippen LogP contribution in [-0.2, 0) is 22.7 Å². The summed E-state index contributed by atoms with van der Waals surface area (Å²) in [5.74, 6) is -1.82. The summed E-state index contributed by atoms with van der Waals surface area (Å²) < 4.78 is 15.4. The topological polar surface area (TPSA) is 73.0 Å². The summed E-state index contributed by atoms with van der Waals surface area (Å²) in [7, 11) is 0. The van der Waals surface area contributed by atoms with Gasteiger partial charge in [-0.3, -0.25) is 29.5 Å². The molecule has 4 aliphatic rings. The summed E-state index contributed by atoms with van der Waals surface area (Å²) in [5.41, 5.74) is 4.11. The van der Waals surface area contributed by atoms with Gasteiger partial charge < -0.3 is 4.90 Å². The first-order valence-electron chi connectivity index (χ1n) is 14.5. The molecule has 1 N–H and O–H groups in total. The Labute approximate surface area is 238 Å². The van der Waals surface area contributed by atoms with Crippen molar-refractivity contribution in [3.05, 3.63) is 106 Å². The Morgan fingerprint density at radius 2 is 1.49 bits per heavy atom. The lowest BCUT2D eigenvalue weighted by Crippen LogP contribution is -2.54. The third-order valence-electron chi connectivity index (χ3n) is 9.26. The highest BCUT2D eigenvalue weighted by Crippen LogP contribution is 2.39. The molecule has 3 fully saturated rings. The summed E-state index contributed by atoms with van der Waals surface area (Å²) >= 11 is 0. The number of hydrogen-bond donors (Lipinski definition) is 1. The predicted molar refractivity (Wildman–Crippen MR) is 151 cm³/mol. The van der Waals surface area contributed by atoms with Crippen molar-refractivity contribution in [2.75, 3.05) is 13.1 Å². The minimum atomic E-state index is -0.749. The maximum atomic E-state index is 15.4. The number of nitrogens with one attached hydrogen (secondary N) is 1. The first-order chi connectivity index (χ1) is 20.0. The molecule has 4 aliphatic heterocycles. The number of fused-ring (bicyclic) bond motifs is 3. The Kier molecular flexibility index (Phi) is 6.67. The maximum absolute atomic E-state index is 15.4. The van der Waals surface area contributed by atoms with Gasteiger partial charge in [-0.15, -0.1) is 0 Å². The highest BCUT2D eigenvalue weighted by molar-refractivity contribution is 6.05. The monoisotopic (exact) mass is 552 g/mol. The van der Waals surface area contributed by atoms with E-state index >= 15 is 4.39 Å². The minimum Gasteiger partial charge on any atom is -0.322 e. The van der Waals surface area contributed by atoms with Gasteiger partial charge in [0, 0.05) is 44.7 Å². The van der Waals surface area contributed by atoms with Crippen molar-refractivity contribution in [3.63, 3.8) is 0 Å². The van der Waals surface area contributed by atoms with E-state index in [9.17, 15) is 14.4 Å². The quantitative estimate of drug-likeness (QED) is 0.468. The average Bonchev–Trinajstić information content (AvgIpc) is 3.40. The number of imide groups is 1. The van der Waals surface area contributed by atoms with Crippen LogP contribution in [0, 0.1) is 5.82 Å². The molecule has 210 valence electrons. The van der Waals surface area contributed by atoms with Crippen molar-refractivity contribution in [1.29, 1.82) is 0 Å². The molecule has 0 spiro atoms. The summed E-state index contributed by atoms with van der Waals surface area (Å²) in [6.45, 7) is 2.67. The first-order valence-corrected chi connectivity index (χ1v) is 14.5. The molecule has 0 aliphatic carbocycles. The van der Waals surface area contributed by atoms with Gasteiger partial charge in [-0.2, -0.15) is 0 Å². The van der Waals surface area contributed by atoms with Crippen LogP contribution in [0.3, 0.4) is 0 Å². The van der Waals surface area contributed by atoms with E-state index in [1.54, 1.807) is 0 Å². The van der Waals surface area contributed by atoms with Gasteiger partial charge in [-0.1, -0.05) is 66.7 Å². The average molecular weight is 553 g/mol. The van der Waals surface area contributed by atoms with Crippen molar-refractivity contribution in [1.82, 2.24) is 20.0 Å². The highest BCUT2D eigenvalue weighted by Gasteiger charge is 2.43. The van der Waals surface area contributed by atoms with Crippen molar-refractivity contribution in [2.24, 2.45) is 0 Å². The van der Waals surface area contributed by atoms with E-state index in [4.69, 9.17) is 0 Å². The minimum absolute atomic E-state index is 0.0554. The van der Waals surface area contributed by atoms with Crippen molar-refractivity contribution < 1.29 is 18.8 Å². The van der Waals surface area contributed by atoms with E-state index in [0.717, 1.165) is 31.5 Å². The van der Waals surface area contributed by atoms with Gasteiger partial charge in [-0.05, 0) is 47.6 Å². The van der Waals surface area contributed by atoms with E-state index in [2.05, 4.69) is 75.8 Å². The second-order valence-corrected chi connectivity index (χ2v) is 11.7. The second kappa shape index (κ2) is 10.5. The lowest BCUT2D eigenvalue weighted by molar-refractivity contribution is -0.136. The zero-order chi connectivity index (χ0) is 28.1. The number of hydrogen-bond acceptors (Lipinski definition) is 5. The largest absolute Gasteiger partial charge is 0.322 e. The number of nitrogens with zero attached hydrogens (tertiary/aromatic N) is 3. The number of piperidine rings is 1. The Bertz CT molecular complexity index is 1440. The smallest absolute Gasteiger partial charge is 0.258 e.